The minimum absolute atomic E-state index is 0.372. The van der Waals surface area contributed by atoms with Gasteiger partial charge in [0.15, 0.2) is 0 Å². The van der Waals surface area contributed by atoms with Crippen molar-refractivity contribution in [2.24, 2.45) is 5.73 Å². The Balaban J connectivity index is 2.47. The Morgan fingerprint density at radius 1 is 1.27 bits per heavy atom. The predicted molar refractivity (Wildman–Crippen MR) is 60.0 cm³/mol. The second kappa shape index (κ2) is 4.45. The zero-order chi connectivity index (χ0) is 10.5. The van der Waals surface area contributed by atoms with Gasteiger partial charge in [-0.15, -0.1) is 0 Å². The quantitative estimate of drug-likeness (QED) is 0.679. The number of benzene rings is 1. The zero-order valence-electron chi connectivity index (χ0n) is 8.20. The van der Waals surface area contributed by atoms with E-state index in [0.29, 0.717) is 6.54 Å². The maximum absolute atomic E-state index is 5.35. The third-order valence-electron chi connectivity index (χ3n) is 2.04. The van der Waals surface area contributed by atoms with Crippen LogP contribution in [0.5, 0.6) is 0 Å². The third kappa shape index (κ3) is 2.06. The van der Waals surface area contributed by atoms with Crippen LogP contribution >= 0.6 is 0 Å². The maximum atomic E-state index is 5.35. The van der Waals surface area contributed by atoms with Crippen LogP contribution in [0.4, 0.5) is 0 Å². The lowest BCUT2D eigenvalue weighted by molar-refractivity contribution is 1.09. The van der Waals surface area contributed by atoms with Crippen LogP contribution in [0.1, 0.15) is 5.56 Å². The summed E-state index contributed by atoms with van der Waals surface area (Å²) in [5.41, 5.74) is 8.34. The van der Waals surface area contributed by atoms with E-state index in [-0.39, 0.29) is 0 Å². The molecular weight excluding hydrogens is 186 g/mol. The molecule has 1 aromatic carbocycles. The topological polar surface area (TPSA) is 54.7 Å². The van der Waals surface area contributed by atoms with Crippen molar-refractivity contribution >= 4 is 0 Å². The van der Waals surface area contributed by atoms with Gasteiger partial charge in [-0.05, 0) is 12.1 Å². The number of H-pyrrole nitrogens is 1. The molecule has 0 atom stereocenters. The van der Waals surface area contributed by atoms with E-state index >= 15 is 0 Å². The Kier molecular flexibility index (Phi) is 2.82. The smallest absolute Gasteiger partial charge is 0.0662 e. The molecule has 0 unspecified atom stereocenters. The molecule has 0 aliphatic carbocycles. The first-order chi connectivity index (χ1) is 7.42. The molecule has 74 valence electrons. The van der Waals surface area contributed by atoms with Gasteiger partial charge in [0.2, 0.25) is 0 Å². The minimum Gasteiger partial charge on any atom is -0.320 e. The van der Waals surface area contributed by atoms with Gasteiger partial charge in [0.25, 0.3) is 0 Å². The van der Waals surface area contributed by atoms with E-state index < -0.39 is 0 Å². The fraction of sp³-hybridized carbons (Fsp3) is 0.0833. The molecule has 0 fully saturated rings. The molecule has 0 spiro atoms. The number of nitrogens with zero attached hydrogens (tertiary/aromatic N) is 1. The van der Waals surface area contributed by atoms with Crippen LogP contribution in [-0.2, 0) is 0 Å². The monoisotopic (exact) mass is 197 g/mol. The summed E-state index contributed by atoms with van der Waals surface area (Å²) in [6, 6.07) is 9.83. The molecule has 0 aliphatic rings. The van der Waals surface area contributed by atoms with Crippen molar-refractivity contribution in [2.45, 2.75) is 0 Å². The van der Waals surface area contributed by atoms with E-state index in [1.807, 2.05) is 30.3 Å². The lowest BCUT2D eigenvalue weighted by atomic mass is 10.1. The van der Waals surface area contributed by atoms with Crippen LogP contribution in [0.2, 0.25) is 0 Å². The van der Waals surface area contributed by atoms with Crippen molar-refractivity contribution in [3.8, 4) is 23.1 Å². The molecule has 2 rings (SSSR count). The maximum Gasteiger partial charge on any atom is 0.0662 e. The molecule has 3 heteroatoms. The molecular formula is C12H11N3. The first-order valence-corrected chi connectivity index (χ1v) is 4.69. The van der Waals surface area contributed by atoms with Gasteiger partial charge < -0.3 is 5.73 Å². The summed E-state index contributed by atoms with van der Waals surface area (Å²) in [7, 11) is 0. The van der Waals surface area contributed by atoms with Crippen molar-refractivity contribution in [3.63, 3.8) is 0 Å². The molecule has 0 bridgehead atoms. The van der Waals surface area contributed by atoms with Crippen molar-refractivity contribution in [2.75, 3.05) is 6.54 Å². The summed E-state index contributed by atoms with van der Waals surface area (Å²) < 4.78 is 0. The lowest BCUT2D eigenvalue weighted by Crippen LogP contribution is -1.93. The molecule has 0 aliphatic heterocycles. The van der Waals surface area contributed by atoms with Gasteiger partial charge >= 0.3 is 0 Å². The average Bonchev–Trinajstić information content (AvgIpc) is 2.80. The Morgan fingerprint density at radius 2 is 2.13 bits per heavy atom. The van der Waals surface area contributed by atoms with Gasteiger partial charge in [-0.3, -0.25) is 5.10 Å². The largest absolute Gasteiger partial charge is 0.320 e. The standard InChI is InChI=1S/C12H11N3/c13-8-3-5-10-4-1-2-6-11(10)12-7-9-14-15-12/h1-2,4,6-7,9H,8,13H2,(H,14,15). The molecule has 15 heavy (non-hydrogen) atoms. The van der Waals surface area contributed by atoms with E-state index in [1.54, 1.807) is 6.20 Å². The molecule has 3 nitrogen and oxygen atoms in total. The van der Waals surface area contributed by atoms with Crippen LogP contribution in [0, 0.1) is 11.8 Å². The summed E-state index contributed by atoms with van der Waals surface area (Å²) >= 11 is 0. The Bertz CT molecular complexity index is 489. The van der Waals surface area contributed by atoms with Crippen LogP contribution in [0.3, 0.4) is 0 Å². The minimum atomic E-state index is 0.372. The van der Waals surface area contributed by atoms with Crippen molar-refractivity contribution in [1.29, 1.82) is 0 Å². The van der Waals surface area contributed by atoms with Crippen LogP contribution in [-0.4, -0.2) is 16.7 Å². The highest BCUT2D eigenvalue weighted by atomic mass is 15.1. The highest BCUT2D eigenvalue weighted by molar-refractivity contribution is 5.67. The number of aromatic amines is 1. The second-order valence-corrected chi connectivity index (χ2v) is 3.02. The summed E-state index contributed by atoms with van der Waals surface area (Å²) in [6.45, 7) is 0.372. The molecule has 1 heterocycles. The molecule has 0 radical (unpaired) electrons. The predicted octanol–water partition coefficient (Wildman–Crippen LogP) is 1.39. The molecule has 0 saturated carbocycles. The van der Waals surface area contributed by atoms with Gasteiger partial charge in [-0.2, -0.15) is 5.10 Å². The third-order valence-corrected chi connectivity index (χ3v) is 2.04. The number of hydrogen-bond donors (Lipinski definition) is 2. The lowest BCUT2D eigenvalue weighted by Gasteiger charge is -2.00. The summed E-state index contributed by atoms with van der Waals surface area (Å²) in [4.78, 5) is 0. The summed E-state index contributed by atoms with van der Waals surface area (Å²) in [5, 5.41) is 6.84. The Hall–Kier alpha value is -2.05. The summed E-state index contributed by atoms with van der Waals surface area (Å²) in [6.07, 6.45) is 1.72. The van der Waals surface area contributed by atoms with Crippen LogP contribution in [0.15, 0.2) is 36.5 Å². The average molecular weight is 197 g/mol. The van der Waals surface area contributed by atoms with Gasteiger partial charge in [0, 0.05) is 17.3 Å². The number of rotatable bonds is 1. The van der Waals surface area contributed by atoms with E-state index in [4.69, 9.17) is 5.73 Å². The van der Waals surface area contributed by atoms with Crippen molar-refractivity contribution in [3.05, 3.63) is 42.1 Å². The van der Waals surface area contributed by atoms with Crippen LogP contribution in [0.25, 0.3) is 11.3 Å². The molecule has 3 N–H and O–H groups in total. The van der Waals surface area contributed by atoms with E-state index in [0.717, 1.165) is 16.8 Å². The Morgan fingerprint density at radius 3 is 2.87 bits per heavy atom. The highest BCUT2D eigenvalue weighted by Crippen LogP contribution is 2.19. The normalized spacial score (nSPS) is 9.40. The molecule has 0 amide bonds. The fourth-order valence-electron chi connectivity index (χ4n) is 1.38. The highest BCUT2D eigenvalue weighted by Gasteiger charge is 2.02. The molecule has 1 aromatic heterocycles. The van der Waals surface area contributed by atoms with Gasteiger partial charge in [-0.1, -0.05) is 30.0 Å². The summed E-state index contributed by atoms with van der Waals surface area (Å²) in [5.74, 6) is 5.89. The SMILES string of the molecule is NCC#Cc1ccccc1-c1ccn[nH]1. The first kappa shape index (κ1) is 9.50. The number of hydrogen-bond acceptors (Lipinski definition) is 2. The second-order valence-electron chi connectivity index (χ2n) is 3.02. The van der Waals surface area contributed by atoms with Crippen molar-refractivity contribution < 1.29 is 0 Å². The van der Waals surface area contributed by atoms with Crippen LogP contribution < -0.4 is 5.73 Å². The number of nitrogens with one attached hydrogen (secondary N) is 1. The van der Waals surface area contributed by atoms with Crippen molar-refractivity contribution in [1.82, 2.24) is 10.2 Å². The fourth-order valence-corrected chi connectivity index (χ4v) is 1.38. The van der Waals surface area contributed by atoms with E-state index in [2.05, 4.69) is 22.0 Å². The molecule has 0 saturated heterocycles. The van der Waals surface area contributed by atoms with Gasteiger partial charge in [0.05, 0.1) is 12.2 Å². The first-order valence-electron chi connectivity index (χ1n) is 4.69. The van der Waals surface area contributed by atoms with Gasteiger partial charge in [-0.25, -0.2) is 0 Å². The van der Waals surface area contributed by atoms with E-state index in [1.165, 1.54) is 0 Å². The Labute approximate surface area is 88.3 Å². The number of aromatic nitrogens is 2. The molecule has 2 aromatic rings. The number of nitrogens with two attached hydrogens (primary N) is 1. The van der Waals surface area contributed by atoms with E-state index in [9.17, 15) is 0 Å². The van der Waals surface area contributed by atoms with Gasteiger partial charge in [0.1, 0.15) is 0 Å². The zero-order valence-corrected chi connectivity index (χ0v) is 8.20.